The van der Waals surface area contributed by atoms with E-state index < -0.39 is 17.5 Å². The largest absolute Gasteiger partial charge is 0.343 e. The summed E-state index contributed by atoms with van der Waals surface area (Å²) in [4.78, 5) is 16.5. The Morgan fingerprint density at radius 2 is 1.52 bits per heavy atom. The van der Waals surface area contributed by atoms with Crippen molar-refractivity contribution in [3.05, 3.63) is 102 Å². The number of hydrogen-bond acceptors (Lipinski definition) is 2. The third-order valence-corrected chi connectivity index (χ3v) is 7.49. The van der Waals surface area contributed by atoms with Gasteiger partial charge in [0.2, 0.25) is 0 Å². The lowest BCUT2D eigenvalue weighted by atomic mass is 9.94. The Hall–Kier alpha value is -3.84. The number of anilines is 1. The summed E-state index contributed by atoms with van der Waals surface area (Å²) < 4.78 is 44.4. The summed E-state index contributed by atoms with van der Waals surface area (Å²) in [5, 5.41) is 2.70. The van der Waals surface area contributed by atoms with Crippen molar-refractivity contribution in [2.24, 2.45) is 0 Å². The second kappa shape index (κ2) is 12.1. The zero-order valence-electron chi connectivity index (χ0n) is 22.9. The first-order valence-corrected chi connectivity index (χ1v) is 13.9. The highest BCUT2D eigenvalue weighted by Gasteiger charge is 2.31. The fraction of sp³-hybridized carbons (Fsp3) is 0.303. The van der Waals surface area contributed by atoms with E-state index in [1.165, 1.54) is 31.0 Å². The molecule has 5 rings (SSSR count). The van der Waals surface area contributed by atoms with Crippen LogP contribution >= 0.6 is 0 Å². The van der Waals surface area contributed by atoms with E-state index in [-0.39, 0.29) is 17.4 Å². The molecule has 1 N–H and O–H groups in total. The van der Waals surface area contributed by atoms with Crippen LogP contribution in [0.25, 0.3) is 22.4 Å². The molecule has 208 valence electrons. The van der Waals surface area contributed by atoms with Gasteiger partial charge in [0.25, 0.3) is 5.91 Å². The number of hydrogen-bond donors (Lipinski definition) is 1. The predicted octanol–water partition coefficient (Wildman–Crippen LogP) is 8.10. The molecule has 3 aromatic carbocycles. The first-order valence-electron chi connectivity index (χ1n) is 13.9. The number of nitrogens with one attached hydrogen (secondary N) is 1. The Morgan fingerprint density at radius 1 is 0.850 bits per heavy atom. The van der Waals surface area contributed by atoms with Crippen LogP contribution in [0.4, 0.5) is 18.9 Å². The van der Waals surface area contributed by atoms with E-state index in [1.54, 1.807) is 12.1 Å². The van der Waals surface area contributed by atoms with E-state index in [0.29, 0.717) is 17.7 Å². The van der Waals surface area contributed by atoms with Crippen LogP contribution in [0, 0.1) is 17.5 Å². The van der Waals surface area contributed by atoms with Crippen molar-refractivity contribution in [1.82, 2.24) is 9.47 Å². The fourth-order valence-electron chi connectivity index (χ4n) is 5.73. The maximum Gasteiger partial charge on any atom is 0.258 e. The molecule has 1 amide bonds. The summed E-state index contributed by atoms with van der Waals surface area (Å²) in [6.45, 7) is 7.87. The van der Waals surface area contributed by atoms with Crippen LogP contribution in [0.15, 0.2) is 72.8 Å². The molecule has 0 unspecified atom stereocenters. The monoisotopic (exact) mass is 545 g/mol. The molecule has 0 saturated carbocycles. The molecule has 0 radical (unpaired) electrons. The smallest absolute Gasteiger partial charge is 0.258 e. The molecule has 40 heavy (non-hydrogen) atoms. The zero-order chi connectivity index (χ0) is 28.2. The van der Waals surface area contributed by atoms with Gasteiger partial charge in [-0.3, -0.25) is 4.79 Å². The molecule has 1 aliphatic rings. The van der Waals surface area contributed by atoms with Crippen LogP contribution in [0.3, 0.4) is 0 Å². The number of aromatic nitrogens is 1. The highest BCUT2D eigenvalue weighted by molar-refractivity contribution is 6.12. The van der Waals surface area contributed by atoms with Crippen molar-refractivity contribution in [2.45, 2.75) is 45.6 Å². The lowest BCUT2D eigenvalue weighted by Gasteiger charge is -2.19. The Kier molecular flexibility index (Phi) is 8.40. The minimum atomic E-state index is -0.843. The second-order valence-corrected chi connectivity index (χ2v) is 10.6. The summed E-state index contributed by atoms with van der Waals surface area (Å²) in [5.41, 5.74) is 4.30. The molecule has 4 nitrogen and oxygen atoms in total. The molecule has 0 aliphatic carbocycles. The number of benzene rings is 3. The van der Waals surface area contributed by atoms with Gasteiger partial charge in [-0.05, 0) is 92.3 Å². The van der Waals surface area contributed by atoms with Crippen LogP contribution < -0.4 is 5.32 Å². The summed E-state index contributed by atoms with van der Waals surface area (Å²) >= 11 is 0. The first kappa shape index (κ1) is 27.7. The molecule has 2 heterocycles. The minimum absolute atomic E-state index is 0.0535. The molecule has 0 bridgehead atoms. The molecule has 4 aromatic rings. The van der Waals surface area contributed by atoms with Gasteiger partial charge < -0.3 is 14.8 Å². The summed E-state index contributed by atoms with van der Waals surface area (Å²) in [5.74, 6) is -2.43. The maximum absolute atomic E-state index is 14.6. The zero-order valence-corrected chi connectivity index (χ0v) is 22.9. The van der Waals surface area contributed by atoms with Crippen molar-refractivity contribution >= 4 is 11.6 Å². The number of amides is 1. The van der Waals surface area contributed by atoms with Gasteiger partial charge >= 0.3 is 0 Å². The number of carbonyl (C=O) groups is 1. The van der Waals surface area contributed by atoms with Crippen LogP contribution in [0.1, 0.15) is 55.1 Å². The molecule has 7 heteroatoms. The van der Waals surface area contributed by atoms with Crippen molar-refractivity contribution in [3.63, 3.8) is 0 Å². The van der Waals surface area contributed by atoms with E-state index in [1.807, 2.05) is 44.2 Å². The summed E-state index contributed by atoms with van der Waals surface area (Å²) in [7, 11) is 0. The van der Waals surface area contributed by atoms with Crippen LogP contribution in [-0.2, 0) is 6.54 Å². The third-order valence-electron chi connectivity index (χ3n) is 7.49. The van der Waals surface area contributed by atoms with Gasteiger partial charge in [0.15, 0.2) is 0 Å². The maximum atomic E-state index is 14.6. The SMILES string of the molecule is CC(C)c1c(C(=O)Nc2ccc(F)cc2F)c(-c2ccccc2)c(-c2ccc(F)cc2)n1CCCN1CCCC1. The minimum Gasteiger partial charge on any atom is -0.343 e. The Morgan fingerprint density at radius 3 is 2.17 bits per heavy atom. The van der Waals surface area contributed by atoms with Crippen LogP contribution in [-0.4, -0.2) is 35.0 Å². The van der Waals surface area contributed by atoms with E-state index in [2.05, 4.69) is 14.8 Å². The Labute approximate surface area is 233 Å². The average Bonchev–Trinajstić information content (AvgIpc) is 3.58. The van der Waals surface area contributed by atoms with Gasteiger partial charge in [-0.2, -0.15) is 0 Å². The summed E-state index contributed by atoms with van der Waals surface area (Å²) in [6.07, 6.45) is 3.30. The van der Waals surface area contributed by atoms with E-state index in [0.717, 1.165) is 60.7 Å². The highest BCUT2D eigenvalue weighted by Crippen LogP contribution is 2.42. The lowest BCUT2D eigenvalue weighted by molar-refractivity contribution is 0.102. The third kappa shape index (κ3) is 5.85. The molecule has 1 aromatic heterocycles. The van der Waals surface area contributed by atoms with Crippen LogP contribution in [0.5, 0.6) is 0 Å². The van der Waals surface area contributed by atoms with Crippen molar-refractivity contribution in [2.75, 3.05) is 25.0 Å². The van der Waals surface area contributed by atoms with Crippen molar-refractivity contribution < 1.29 is 18.0 Å². The second-order valence-electron chi connectivity index (χ2n) is 10.6. The highest BCUT2D eigenvalue weighted by atomic mass is 19.1. The van der Waals surface area contributed by atoms with Crippen molar-refractivity contribution in [1.29, 1.82) is 0 Å². The molecule has 1 aliphatic heterocycles. The number of halogens is 3. The number of likely N-dealkylation sites (tertiary alicyclic amines) is 1. The molecule has 0 spiro atoms. The molecular weight excluding hydrogens is 511 g/mol. The molecule has 1 saturated heterocycles. The molecule has 1 fully saturated rings. The Bertz CT molecular complexity index is 1470. The topological polar surface area (TPSA) is 37.3 Å². The van der Waals surface area contributed by atoms with Gasteiger partial charge in [0.1, 0.15) is 17.5 Å². The van der Waals surface area contributed by atoms with Gasteiger partial charge in [0.05, 0.1) is 16.9 Å². The lowest BCUT2D eigenvalue weighted by Crippen LogP contribution is -2.22. The fourth-order valence-corrected chi connectivity index (χ4v) is 5.73. The van der Waals surface area contributed by atoms with Gasteiger partial charge in [-0.1, -0.05) is 44.2 Å². The molecule has 0 atom stereocenters. The first-order chi connectivity index (χ1) is 19.3. The summed E-state index contributed by atoms with van der Waals surface area (Å²) in [6, 6.07) is 19.0. The van der Waals surface area contributed by atoms with E-state index >= 15 is 0 Å². The quantitative estimate of drug-likeness (QED) is 0.231. The number of rotatable bonds is 9. The number of nitrogens with zero attached hydrogens (tertiary/aromatic N) is 2. The predicted molar refractivity (Wildman–Crippen MR) is 154 cm³/mol. The normalized spacial score (nSPS) is 13.8. The van der Waals surface area contributed by atoms with Gasteiger partial charge in [-0.15, -0.1) is 0 Å². The standard InChI is InChI=1S/C33H34F3N3O/c1-22(2)31-30(33(40)37-28-16-15-26(35)21-27(28)36)29(23-9-4-3-5-10-23)32(24-11-13-25(34)14-12-24)39(31)20-8-19-38-17-6-7-18-38/h3-5,9-16,21-22H,6-8,17-20H2,1-2H3,(H,37,40). The van der Waals surface area contributed by atoms with Gasteiger partial charge in [0, 0.05) is 23.9 Å². The van der Waals surface area contributed by atoms with E-state index in [4.69, 9.17) is 0 Å². The van der Waals surface area contributed by atoms with E-state index in [9.17, 15) is 18.0 Å². The Balaban J connectivity index is 1.70. The number of carbonyl (C=O) groups excluding carboxylic acids is 1. The van der Waals surface area contributed by atoms with Crippen molar-refractivity contribution in [3.8, 4) is 22.4 Å². The van der Waals surface area contributed by atoms with Crippen LogP contribution in [0.2, 0.25) is 0 Å². The van der Waals surface area contributed by atoms with Gasteiger partial charge in [-0.25, -0.2) is 13.2 Å². The average molecular weight is 546 g/mol. The molecular formula is C33H34F3N3O.